The van der Waals surface area contributed by atoms with Gasteiger partial charge < -0.3 is 0 Å². The highest BCUT2D eigenvalue weighted by Crippen LogP contribution is 2.18. The van der Waals surface area contributed by atoms with E-state index in [-0.39, 0.29) is 17.8 Å². The molecule has 0 saturated heterocycles. The summed E-state index contributed by atoms with van der Waals surface area (Å²) in [4.78, 5) is 26.5. The van der Waals surface area contributed by atoms with E-state index in [2.05, 4.69) is 0 Å². The number of rotatable bonds is 3. The summed E-state index contributed by atoms with van der Waals surface area (Å²) in [5.41, 5.74) is 2.16. The maximum Gasteiger partial charge on any atom is 0.336 e. The van der Waals surface area contributed by atoms with Gasteiger partial charge in [0.2, 0.25) is 0 Å². The lowest BCUT2D eigenvalue weighted by molar-refractivity contribution is 0.713. The lowest BCUT2D eigenvalue weighted by Gasteiger charge is -2.16. The lowest BCUT2D eigenvalue weighted by atomic mass is 10.1. The van der Waals surface area contributed by atoms with Crippen LogP contribution in [0, 0.1) is 6.92 Å². The highest BCUT2D eigenvalue weighted by molar-refractivity contribution is 6.31. The Hall–Kier alpha value is -3.11. The van der Waals surface area contributed by atoms with E-state index >= 15 is 0 Å². The van der Waals surface area contributed by atoms with E-state index in [1.54, 1.807) is 34.9 Å². The summed E-state index contributed by atoms with van der Waals surface area (Å²) in [7, 11) is 0. The fraction of sp³-hybridized carbons (Fsp3) is 0.0909. The summed E-state index contributed by atoms with van der Waals surface area (Å²) in [5, 5.41) is 1.08. The number of nitrogens with zero attached hydrogens (tertiary/aromatic N) is 2. The number of benzene rings is 3. The molecule has 27 heavy (non-hydrogen) atoms. The Bertz CT molecular complexity index is 1270. The van der Waals surface area contributed by atoms with Gasteiger partial charge in [0, 0.05) is 5.02 Å². The van der Waals surface area contributed by atoms with Crippen molar-refractivity contribution in [2.75, 3.05) is 0 Å². The van der Waals surface area contributed by atoms with Crippen LogP contribution in [0.4, 0.5) is 0 Å². The molecule has 0 aliphatic heterocycles. The molecule has 4 aromatic rings. The van der Waals surface area contributed by atoms with Crippen molar-refractivity contribution in [3.05, 3.63) is 110 Å². The smallest absolute Gasteiger partial charge is 0.288 e. The molecular formula is C22H17ClN2O2. The Morgan fingerprint density at radius 1 is 0.852 bits per heavy atom. The van der Waals surface area contributed by atoms with E-state index in [1.165, 1.54) is 4.57 Å². The first-order valence-electron chi connectivity index (χ1n) is 8.62. The van der Waals surface area contributed by atoms with Gasteiger partial charge in [-0.15, -0.1) is 0 Å². The summed E-state index contributed by atoms with van der Waals surface area (Å²) >= 11 is 6.31. The van der Waals surface area contributed by atoms with Gasteiger partial charge >= 0.3 is 5.69 Å². The molecule has 1 heterocycles. The molecule has 0 aliphatic rings. The van der Waals surface area contributed by atoms with Gasteiger partial charge in [-0.2, -0.15) is 0 Å². The molecule has 0 aliphatic carbocycles. The van der Waals surface area contributed by atoms with Crippen molar-refractivity contribution in [1.29, 1.82) is 0 Å². The minimum atomic E-state index is -0.382. The monoisotopic (exact) mass is 376 g/mol. The van der Waals surface area contributed by atoms with E-state index in [9.17, 15) is 9.59 Å². The first-order chi connectivity index (χ1) is 13.1. The average Bonchev–Trinajstić information content (AvgIpc) is 2.68. The molecule has 3 aromatic carbocycles. The normalized spacial score (nSPS) is 11.0. The second-order valence-electron chi connectivity index (χ2n) is 6.40. The van der Waals surface area contributed by atoms with Crippen LogP contribution in [0.25, 0.3) is 16.6 Å². The minimum Gasteiger partial charge on any atom is -0.288 e. The van der Waals surface area contributed by atoms with Gasteiger partial charge in [-0.05, 0) is 42.3 Å². The highest BCUT2D eigenvalue weighted by atomic mass is 35.5. The Labute approximate surface area is 160 Å². The molecule has 0 amide bonds. The van der Waals surface area contributed by atoms with E-state index < -0.39 is 0 Å². The van der Waals surface area contributed by atoms with E-state index in [4.69, 9.17) is 11.6 Å². The third kappa shape index (κ3) is 2.98. The van der Waals surface area contributed by atoms with Gasteiger partial charge in [-0.25, -0.2) is 9.36 Å². The van der Waals surface area contributed by atoms with E-state index in [0.29, 0.717) is 21.6 Å². The minimum absolute atomic E-state index is 0.283. The molecule has 0 spiro atoms. The quantitative estimate of drug-likeness (QED) is 0.539. The van der Waals surface area contributed by atoms with Gasteiger partial charge in [0.1, 0.15) is 0 Å². The van der Waals surface area contributed by atoms with Gasteiger partial charge in [0.05, 0.1) is 23.1 Å². The fourth-order valence-corrected chi connectivity index (χ4v) is 3.49. The van der Waals surface area contributed by atoms with Crippen LogP contribution in [-0.4, -0.2) is 9.13 Å². The molecule has 0 unspecified atom stereocenters. The first-order valence-corrected chi connectivity index (χ1v) is 9.00. The summed E-state index contributed by atoms with van der Waals surface area (Å²) in [6.45, 7) is 2.17. The van der Waals surface area contributed by atoms with Crippen LogP contribution in [-0.2, 0) is 6.54 Å². The molecule has 0 atom stereocenters. The predicted octanol–water partition coefficient (Wildman–Crippen LogP) is 4.16. The first kappa shape index (κ1) is 17.3. The van der Waals surface area contributed by atoms with Crippen molar-refractivity contribution >= 4 is 22.5 Å². The molecule has 5 heteroatoms. The maximum absolute atomic E-state index is 13.4. The number of halogens is 1. The number of aromatic nitrogens is 2. The van der Waals surface area contributed by atoms with Crippen molar-refractivity contribution in [2.24, 2.45) is 0 Å². The van der Waals surface area contributed by atoms with Gasteiger partial charge in [-0.3, -0.25) is 9.36 Å². The van der Waals surface area contributed by atoms with Crippen LogP contribution < -0.4 is 11.2 Å². The number of aryl methyl sites for hydroxylation is 1. The van der Waals surface area contributed by atoms with Crippen LogP contribution in [0.15, 0.2) is 82.4 Å². The summed E-state index contributed by atoms with van der Waals surface area (Å²) in [5.74, 6) is 0. The Morgan fingerprint density at radius 2 is 1.52 bits per heavy atom. The summed E-state index contributed by atoms with van der Waals surface area (Å²) in [6.07, 6.45) is 0. The molecular weight excluding hydrogens is 360 g/mol. The summed E-state index contributed by atoms with van der Waals surface area (Å²) in [6, 6.07) is 21.9. The molecule has 0 fully saturated rings. The molecule has 4 rings (SSSR count). The van der Waals surface area contributed by atoms with Gasteiger partial charge in [-0.1, -0.05) is 60.1 Å². The van der Waals surface area contributed by atoms with Crippen LogP contribution in [0.5, 0.6) is 0 Å². The topological polar surface area (TPSA) is 44.0 Å². The molecule has 4 nitrogen and oxygen atoms in total. The van der Waals surface area contributed by atoms with Crippen LogP contribution in [0.1, 0.15) is 11.1 Å². The predicted molar refractivity (Wildman–Crippen MR) is 109 cm³/mol. The Morgan fingerprint density at radius 3 is 2.30 bits per heavy atom. The lowest BCUT2D eigenvalue weighted by Crippen LogP contribution is -2.39. The van der Waals surface area contributed by atoms with Gasteiger partial charge in [0.25, 0.3) is 5.56 Å². The van der Waals surface area contributed by atoms with Crippen molar-refractivity contribution < 1.29 is 0 Å². The molecule has 0 bridgehead atoms. The van der Waals surface area contributed by atoms with Crippen molar-refractivity contribution in [1.82, 2.24) is 9.13 Å². The Balaban J connectivity index is 2.07. The highest BCUT2D eigenvalue weighted by Gasteiger charge is 2.16. The zero-order valence-corrected chi connectivity index (χ0v) is 15.5. The maximum atomic E-state index is 13.4. The largest absolute Gasteiger partial charge is 0.336 e. The van der Waals surface area contributed by atoms with Crippen LogP contribution in [0.3, 0.4) is 0 Å². The fourth-order valence-electron chi connectivity index (χ4n) is 3.30. The number of fused-ring (bicyclic) bond motifs is 1. The second kappa shape index (κ2) is 6.89. The van der Waals surface area contributed by atoms with E-state index in [0.717, 1.165) is 11.1 Å². The van der Waals surface area contributed by atoms with Crippen molar-refractivity contribution in [3.63, 3.8) is 0 Å². The zero-order chi connectivity index (χ0) is 19.0. The second-order valence-corrected chi connectivity index (χ2v) is 6.81. The number of hydrogen-bond donors (Lipinski definition) is 0. The van der Waals surface area contributed by atoms with Crippen molar-refractivity contribution in [2.45, 2.75) is 13.5 Å². The summed E-state index contributed by atoms with van der Waals surface area (Å²) < 4.78 is 2.85. The molecule has 0 N–H and O–H groups in total. The molecule has 1 aromatic heterocycles. The SMILES string of the molecule is Cc1ccccc1-n1c(=O)c2ccccc2n(Cc2ccccc2Cl)c1=O. The molecule has 0 saturated carbocycles. The standard InChI is InChI=1S/C22H17ClN2O2/c1-15-8-2-6-12-19(15)25-21(26)17-10-4-7-13-20(17)24(22(25)27)14-16-9-3-5-11-18(16)23/h2-13H,14H2,1H3. The molecule has 134 valence electrons. The van der Waals surface area contributed by atoms with Gasteiger partial charge in [0.15, 0.2) is 0 Å². The average molecular weight is 377 g/mol. The third-order valence-corrected chi connectivity index (χ3v) is 5.06. The van der Waals surface area contributed by atoms with E-state index in [1.807, 2.05) is 49.4 Å². The van der Waals surface area contributed by atoms with Crippen LogP contribution >= 0.6 is 11.6 Å². The molecule has 0 radical (unpaired) electrons. The zero-order valence-electron chi connectivity index (χ0n) is 14.7. The third-order valence-electron chi connectivity index (χ3n) is 4.69. The van der Waals surface area contributed by atoms with Crippen LogP contribution in [0.2, 0.25) is 5.02 Å². The number of hydrogen-bond acceptors (Lipinski definition) is 2. The Kier molecular flexibility index (Phi) is 4.42. The van der Waals surface area contributed by atoms with Crippen molar-refractivity contribution in [3.8, 4) is 5.69 Å². The number of para-hydroxylation sites is 2.